The van der Waals surface area contributed by atoms with Gasteiger partial charge >= 0.3 is 5.97 Å². The first kappa shape index (κ1) is 27.2. The van der Waals surface area contributed by atoms with Crippen molar-refractivity contribution in [3.8, 4) is 0 Å². The topological polar surface area (TPSA) is 26.3 Å². The van der Waals surface area contributed by atoms with Gasteiger partial charge in [0.1, 0.15) is 0 Å². The van der Waals surface area contributed by atoms with Gasteiger partial charge in [-0.25, -0.2) is 0 Å². The highest BCUT2D eigenvalue weighted by atomic mass is 31.1. The second-order valence-electron chi connectivity index (χ2n) is 9.16. The largest absolute Gasteiger partial charge is 0.466 e. The molecule has 0 spiro atoms. The Morgan fingerprint density at radius 2 is 1.14 bits per heavy atom. The molecule has 3 aromatic rings. The van der Waals surface area contributed by atoms with Gasteiger partial charge in [-0.15, -0.1) is 0 Å². The average Bonchev–Trinajstić information content (AvgIpc) is 2.89. The Kier molecular flexibility index (Phi) is 12.6. The van der Waals surface area contributed by atoms with Gasteiger partial charge in [0.15, 0.2) is 0 Å². The predicted octanol–water partition coefficient (Wildman–Crippen LogP) is 7.45. The molecule has 0 amide bonds. The molecule has 0 bridgehead atoms. The molecule has 0 radical (unpaired) electrons. The molecule has 0 aromatic heterocycles. The molecule has 0 heterocycles. The summed E-state index contributed by atoms with van der Waals surface area (Å²) in [5.74, 6) is -0.0465. The molecule has 0 saturated carbocycles. The van der Waals surface area contributed by atoms with Crippen LogP contribution in [-0.4, -0.2) is 12.6 Å². The Hall–Kier alpha value is -2.44. The third kappa shape index (κ3) is 9.98. The maximum Gasteiger partial charge on any atom is 0.305 e. The smallest absolute Gasteiger partial charge is 0.305 e. The molecule has 0 N–H and O–H groups in total. The van der Waals surface area contributed by atoms with Gasteiger partial charge in [0.05, 0.1) is 6.61 Å². The Labute approximate surface area is 213 Å². The lowest BCUT2D eigenvalue weighted by atomic mass is 10.0. The molecule has 0 aliphatic heterocycles. The molecular formula is C32H41O2P. The summed E-state index contributed by atoms with van der Waals surface area (Å²) in [5, 5.41) is 4.26. The molecule has 0 atom stereocenters. The lowest BCUT2D eigenvalue weighted by Gasteiger charge is -2.20. The summed E-state index contributed by atoms with van der Waals surface area (Å²) >= 11 is 0. The first-order valence-corrected chi connectivity index (χ1v) is 14.8. The lowest BCUT2D eigenvalue weighted by Crippen LogP contribution is -2.20. The second-order valence-corrected chi connectivity index (χ2v) is 11.4. The number of hydrogen-bond donors (Lipinski definition) is 0. The fraction of sp³-hybridized carbons (Fsp3) is 0.406. The Balaban J connectivity index is 1.38. The van der Waals surface area contributed by atoms with Crippen molar-refractivity contribution in [2.45, 2.75) is 77.6 Å². The van der Waals surface area contributed by atoms with Crippen LogP contribution in [0.25, 0.3) is 0 Å². The Morgan fingerprint density at radius 1 is 0.629 bits per heavy atom. The van der Waals surface area contributed by atoms with Crippen molar-refractivity contribution >= 4 is 29.8 Å². The van der Waals surface area contributed by atoms with Gasteiger partial charge in [0.25, 0.3) is 0 Å². The van der Waals surface area contributed by atoms with E-state index >= 15 is 0 Å². The summed E-state index contributed by atoms with van der Waals surface area (Å²) in [6.45, 7) is 2.36. The van der Waals surface area contributed by atoms with Crippen molar-refractivity contribution in [2.24, 2.45) is 0 Å². The van der Waals surface area contributed by atoms with E-state index in [0.29, 0.717) is 13.0 Å². The maximum absolute atomic E-state index is 11.3. The highest BCUT2D eigenvalue weighted by Gasteiger charge is 2.16. The van der Waals surface area contributed by atoms with Crippen molar-refractivity contribution in [3.63, 3.8) is 0 Å². The summed E-state index contributed by atoms with van der Waals surface area (Å²) in [4.78, 5) is 11.3. The van der Waals surface area contributed by atoms with E-state index in [1.807, 2.05) is 6.92 Å². The number of esters is 1. The van der Waals surface area contributed by atoms with Crippen LogP contribution in [0.1, 0.15) is 76.7 Å². The van der Waals surface area contributed by atoms with Gasteiger partial charge < -0.3 is 4.74 Å². The third-order valence-corrected chi connectivity index (χ3v) is 8.77. The zero-order chi connectivity index (χ0) is 24.6. The Bertz CT molecular complexity index is 932. The Morgan fingerprint density at radius 3 is 1.71 bits per heavy atom. The van der Waals surface area contributed by atoms with Crippen LogP contribution < -0.4 is 15.9 Å². The van der Waals surface area contributed by atoms with E-state index in [0.717, 1.165) is 19.3 Å². The maximum atomic E-state index is 11.3. The van der Waals surface area contributed by atoms with E-state index < -0.39 is 7.92 Å². The predicted molar refractivity (Wildman–Crippen MR) is 152 cm³/mol. The number of carbonyl (C=O) groups is 1. The van der Waals surface area contributed by atoms with Crippen LogP contribution in [0, 0.1) is 0 Å². The number of ether oxygens (including phenoxy) is 1. The molecule has 35 heavy (non-hydrogen) atoms. The van der Waals surface area contributed by atoms with Crippen molar-refractivity contribution < 1.29 is 9.53 Å². The van der Waals surface area contributed by atoms with E-state index in [1.54, 1.807) is 0 Å². The van der Waals surface area contributed by atoms with E-state index in [2.05, 4.69) is 84.9 Å². The van der Waals surface area contributed by atoms with Gasteiger partial charge in [-0.1, -0.05) is 130 Å². The highest BCUT2D eigenvalue weighted by Crippen LogP contribution is 2.32. The van der Waals surface area contributed by atoms with Crippen LogP contribution in [0.15, 0.2) is 84.9 Å². The van der Waals surface area contributed by atoms with Gasteiger partial charge in [-0.2, -0.15) is 0 Å². The fourth-order valence-electron chi connectivity index (χ4n) is 4.52. The number of aryl methyl sites for hydroxylation is 1. The normalized spacial score (nSPS) is 11.0. The molecular weight excluding hydrogens is 447 g/mol. The van der Waals surface area contributed by atoms with E-state index in [9.17, 15) is 4.79 Å². The molecule has 0 unspecified atom stereocenters. The van der Waals surface area contributed by atoms with Crippen LogP contribution in [0.4, 0.5) is 0 Å². The van der Waals surface area contributed by atoms with E-state index in [-0.39, 0.29) is 5.97 Å². The molecule has 0 saturated heterocycles. The van der Waals surface area contributed by atoms with Crippen LogP contribution >= 0.6 is 7.92 Å². The molecule has 0 aliphatic rings. The fourth-order valence-corrected chi connectivity index (χ4v) is 6.89. The lowest BCUT2D eigenvalue weighted by molar-refractivity contribution is -0.143. The minimum atomic E-state index is -0.527. The summed E-state index contributed by atoms with van der Waals surface area (Å²) in [7, 11) is -0.527. The van der Waals surface area contributed by atoms with Gasteiger partial charge in [-0.05, 0) is 55.6 Å². The molecule has 186 valence electrons. The van der Waals surface area contributed by atoms with Gasteiger partial charge in [0, 0.05) is 6.42 Å². The third-order valence-electron chi connectivity index (χ3n) is 6.35. The molecule has 3 aromatic carbocycles. The summed E-state index contributed by atoms with van der Waals surface area (Å²) in [6.07, 6.45) is 12.9. The highest BCUT2D eigenvalue weighted by molar-refractivity contribution is 7.79. The van der Waals surface area contributed by atoms with Crippen LogP contribution in [0.2, 0.25) is 0 Å². The first-order valence-electron chi connectivity index (χ1n) is 13.4. The zero-order valence-corrected chi connectivity index (χ0v) is 22.2. The number of benzene rings is 3. The number of hydrogen-bond acceptors (Lipinski definition) is 2. The molecule has 0 aliphatic carbocycles. The van der Waals surface area contributed by atoms with Gasteiger partial charge in [0.2, 0.25) is 0 Å². The standard InChI is InChI=1S/C32H41O2P/c1-2-34-32(33)26-17-9-7-5-3-4-6-8-12-19-28-20-18-25-31(27-28)35(29-21-13-10-14-22-29)30-23-15-11-16-24-30/h10-11,13-16,18,20-25,27H,2-9,12,17,19,26H2,1H3. The minimum absolute atomic E-state index is 0.0465. The van der Waals surface area contributed by atoms with Crippen molar-refractivity contribution in [1.29, 1.82) is 0 Å². The summed E-state index contributed by atoms with van der Waals surface area (Å²) < 4.78 is 4.98. The second kappa shape index (κ2) is 16.3. The van der Waals surface area contributed by atoms with E-state index in [4.69, 9.17) is 4.74 Å². The molecule has 2 nitrogen and oxygen atoms in total. The van der Waals surface area contributed by atoms with Crippen LogP contribution in [-0.2, 0) is 16.0 Å². The van der Waals surface area contributed by atoms with Crippen molar-refractivity contribution in [1.82, 2.24) is 0 Å². The first-order chi connectivity index (χ1) is 17.3. The zero-order valence-electron chi connectivity index (χ0n) is 21.3. The summed E-state index contributed by atoms with van der Waals surface area (Å²) in [5.41, 5.74) is 1.46. The SMILES string of the molecule is CCOC(=O)CCCCCCCCCCCc1cccc(P(c2ccccc2)c2ccccc2)c1. The number of unbranched alkanes of at least 4 members (excludes halogenated alkanes) is 8. The quantitative estimate of drug-likeness (QED) is 0.119. The van der Waals surface area contributed by atoms with Crippen LogP contribution in [0.5, 0.6) is 0 Å². The summed E-state index contributed by atoms with van der Waals surface area (Å²) in [6, 6.07) is 31.2. The van der Waals surface area contributed by atoms with E-state index in [1.165, 1.54) is 66.4 Å². The monoisotopic (exact) mass is 488 g/mol. The minimum Gasteiger partial charge on any atom is -0.466 e. The molecule has 3 heteroatoms. The molecule has 0 fully saturated rings. The van der Waals surface area contributed by atoms with Crippen molar-refractivity contribution in [2.75, 3.05) is 6.61 Å². The number of rotatable bonds is 16. The number of carbonyl (C=O) groups excluding carboxylic acids is 1. The average molecular weight is 489 g/mol. The van der Waals surface area contributed by atoms with Crippen molar-refractivity contribution in [3.05, 3.63) is 90.5 Å². The van der Waals surface area contributed by atoms with Crippen LogP contribution in [0.3, 0.4) is 0 Å². The molecule has 3 rings (SSSR count). The van der Waals surface area contributed by atoms with Gasteiger partial charge in [-0.3, -0.25) is 4.79 Å².